The van der Waals surface area contributed by atoms with Gasteiger partial charge in [-0.25, -0.2) is 13.1 Å². The lowest BCUT2D eigenvalue weighted by molar-refractivity contribution is 0.0386. The first-order valence-corrected chi connectivity index (χ1v) is 8.26. The van der Waals surface area contributed by atoms with Gasteiger partial charge in [0.05, 0.1) is 17.0 Å². The molecule has 1 fully saturated rings. The first-order chi connectivity index (χ1) is 9.97. The summed E-state index contributed by atoms with van der Waals surface area (Å²) >= 11 is 0. The molecule has 1 aromatic rings. The fraction of sp³-hybridized carbons (Fsp3) is 0.467. The van der Waals surface area contributed by atoms with Crippen molar-refractivity contribution in [3.63, 3.8) is 0 Å². The molecule has 1 heterocycles. The third-order valence-corrected chi connectivity index (χ3v) is 4.99. The molecule has 1 aliphatic rings. The molecule has 0 saturated carbocycles. The average molecular weight is 309 g/mol. The molecule has 2 rings (SSSR count). The molecule has 0 aliphatic carbocycles. The van der Waals surface area contributed by atoms with Crippen LogP contribution in [0.25, 0.3) is 0 Å². The van der Waals surface area contributed by atoms with E-state index in [0.717, 1.165) is 12.8 Å². The first kappa shape index (κ1) is 16.0. The van der Waals surface area contributed by atoms with E-state index in [1.165, 1.54) is 6.07 Å². The Bertz CT molecular complexity index is 652. The Morgan fingerprint density at radius 1 is 1.43 bits per heavy atom. The topological polar surface area (TPSA) is 75.6 Å². The van der Waals surface area contributed by atoms with Gasteiger partial charge in [-0.3, -0.25) is 0 Å². The van der Waals surface area contributed by atoms with Crippen LogP contribution in [-0.4, -0.2) is 38.9 Å². The van der Waals surface area contributed by atoms with Crippen molar-refractivity contribution in [3.8, 4) is 11.8 Å². The zero-order chi connectivity index (χ0) is 15.3. The number of sulfonamides is 1. The Morgan fingerprint density at radius 2 is 2.19 bits per heavy atom. The normalized spacial score (nSPS) is 22.4. The second-order valence-electron chi connectivity index (χ2n) is 5.28. The fourth-order valence-corrected chi connectivity index (χ4v) is 3.92. The van der Waals surface area contributed by atoms with E-state index in [1.54, 1.807) is 18.2 Å². The maximum absolute atomic E-state index is 12.6. The molecule has 1 aliphatic heterocycles. The van der Waals surface area contributed by atoms with Crippen molar-refractivity contribution < 1.29 is 18.3 Å². The lowest BCUT2D eigenvalue weighted by Gasteiger charge is -2.33. The van der Waals surface area contributed by atoms with E-state index in [0.29, 0.717) is 18.8 Å². The van der Waals surface area contributed by atoms with Gasteiger partial charge in [-0.1, -0.05) is 24.0 Å². The highest BCUT2D eigenvalue weighted by Gasteiger charge is 2.33. The van der Waals surface area contributed by atoms with E-state index < -0.39 is 15.6 Å². The number of hydrogen-bond donors (Lipinski definition) is 2. The van der Waals surface area contributed by atoms with Crippen molar-refractivity contribution in [1.29, 1.82) is 0 Å². The Morgan fingerprint density at radius 3 is 2.86 bits per heavy atom. The van der Waals surface area contributed by atoms with Gasteiger partial charge in [-0.2, -0.15) is 0 Å². The van der Waals surface area contributed by atoms with Crippen molar-refractivity contribution in [3.05, 3.63) is 29.8 Å². The van der Waals surface area contributed by atoms with Gasteiger partial charge in [-0.15, -0.1) is 0 Å². The molecule has 1 saturated heterocycles. The second-order valence-corrected chi connectivity index (χ2v) is 6.93. The maximum Gasteiger partial charge on any atom is 0.242 e. The van der Waals surface area contributed by atoms with E-state index in [4.69, 9.17) is 9.84 Å². The van der Waals surface area contributed by atoms with E-state index in [2.05, 4.69) is 16.6 Å². The molecule has 2 N–H and O–H groups in total. The summed E-state index contributed by atoms with van der Waals surface area (Å²) in [6.07, 6.45) is 1.56. The van der Waals surface area contributed by atoms with E-state index in [9.17, 15) is 8.42 Å². The van der Waals surface area contributed by atoms with Crippen LogP contribution in [0.3, 0.4) is 0 Å². The van der Waals surface area contributed by atoms with Crippen LogP contribution in [0.15, 0.2) is 29.2 Å². The number of hydrogen-bond acceptors (Lipinski definition) is 4. The summed E-state index contributed by atoms with van der Waals surface area (Å²) in [7, 11) is -3.69. The highest BCUT2D eigenvalue weighted by molar-refractivity contribution is 7.89. The smallest absolute Gasteiger partial charge is 0.242 e. The van der Waals surface area contributed by atoms with Crippen LogP contribution in [-0.2, 0) is 14.8 Å². The summed E-state index contributed by atoms with van der Waals surface area (Å²) in [5.41, 5.74) is -0.228. The van der Waals surface area contributed by atoms with Gasteiger partial charge >= 0.3 is 0 Å². The molecular weight excluding hydrogens is 290 g/mol. The van der Waals surface area contributed by atoms with Crippen LogP contribution in [0, 0.1) is 11.8 Å². The van der Waals surface area contributed by atoms with Gasteiger partial charge in [0.1, 0.15) is 6.61 Å². The molecule has 1 unspecified atom stereocenters. The largest absolute Gasteiger partial charge is 0.384 e. The standard InChI is InChI=1S/C15H19NO4S/c1-15(9-5-11-20-12-15)16-21(18,19)14-8-3-2-6-13(14)7-4-10-17/h2-3,6,8,16-17H,5,9-12H2,1H3. The van der Waals surface area contributed by atoms with Gasteiger partial charge in [0.15, 0.2) is 0 Å². The van der Waals surface area contributed by atoms with Crippen LogP contribution in [0.4, 0.5) is 0 Å². The Hall–Kier alpha value is -1.39. The number of aliphatic hydroxyl groups is 1. The summed E-state index contributed by atoms with van der Waals surface area (Å²) in [5, 5.41) is 8.77. The molecule has 114 valence electrons. The molecule has 0 bridgehead atoms. The second kappa shape index (κ2) is 6.58. The zero-order valence-corrected chi connectivity index (χ0v) is 12.7. The summed E-state index contributed by atoms with van der Waals surface area (Å²) < 4.78 is 33.3. The van der Waals surface area contributed by atoms with E-state index in [1.807, 2.05) is 6.92 Å². The van der Waals surface area contributed by atoms with Crippen molar-refractivity contribution in [2.45, 2.75) is 30.2 Å². The summed E-state index contributed by atoms with van der Waals surface area (Å²) in [5.74, 6) is 5.15. The zero-order valence-electron chi connectivity index (χ0n) is 11.9. The number of benzene rings is 1. The minimum atomic E-state index is -3.69. The summed E-state index contributed by atoms with van der Waals surface area (Å²) in [4.78, 5) is 0.123. The Labute approximate surface area is 125 Å². The average Bonchev–Trinajstić information content (AvgIpc) is 2.45. The lowest BCUT2D eigenvalue weighted by atomic mass is 9.97. The minimum Gasteiger partial charge on any atom is -0.384 e. The van der Waals surface area contributed by atoms with Crippen LogP contribution in [0.1, 0.15) is 25.3 Å². The number of aliphatic hydroxyl groups excluding tert-OH is 1. The number of nitrogens with one attached hydrogen (secondary N) is 1. The van der Waals surface area contributed by atoms with Gasteiger partial charge in [0, 0.05) is 12.2 Å². The van der Waals surface area contributed by atoms with Crippen LogP contribution < -0.4 is 4.72 Å². The van der Waals surface area contributed by atoms with Crippen LogP contribution in [0.2, 0.25) is 0 Å². The SMILES string of the molecule is CC1(NS(=O)(=O)c2ccccc2C#CCO)CCCOC1. The molecule has 6 heteroatoms. The molecule has 5 nitrogen and oxygen atoms in total. The van der Waals surface area contributed by atoms with E-state index in [-0.39, 0.29) is 11.5 Å². The van der Waals surface area contributed by atoms with Gasteiger partial charge < -0.3 is 9.84 Å². The predicted octanol–water partition coefficient (Wildman–Crippen LogP) is 0.878. The minimum absolute atomic E-state index is 0.123. The molecule has 0 spiro atoms. The highest BCUT2D eigenvalue weighted by Crippen LogP contribution is 2.23. The summed E-state index contributed by atoms with van der Waals surface area (Å²) in [6, 6.07) is 6.50. The Balaban J connectivity index is 2.31. The molecule has 1 aromatic carbocycles. The third-order valence-electron chi connectivity index (χ3n) is 3.30. The molecular formula is C15H19NO4S. The number of ether oxygens (including phenoxy) is 1. The molecule has 0 amide bonds. The van der Waals surface area contributed by atoms with Gasteiger partial charge in [-0.05, 0) is 31.9 Å². The van der Waals surface area contributed by atoms with Crippen molar-refractivity contribution >= 4 is 10.0 Å². The van der Waals surface area contributed by atoms with E-state index >= 15 is 0 Å². The van der Waals surface area contributed by atoms with Crippen LogP contribution in [0.5, 0.6) is 0 Å². The molecule has 0 radical (unpaired) electrons. The van der Waals surface area contributed by atoms with Crippen molar-refractivity contribution in [1.82, 2.24) is 4.72 Å². The lowest BCUT2D eigenvalue weighted by Crippen LogP contribution is -2.51. The Kier molecular flexibility index (Phi) is 5.01. The van der Waals surface area contributed by atoms with Gasteiger partial charge in [0.25, 0.3) is 0 Å². The third kappa shape index (κ3) is 4.05. The van der Waals surface area contributed by atoms with Crippen LogP contribution >= 0.6 is 0 Å². The summed E-state index contributed by atoms with van der Waals surface area (Å²) in [6.45, 7) is 2.55. The predicted molar refractivity (Wildman–Crippen MR) is 79.2 cm³/mol. The maximum atomic E-state index is 12.6. The molecule has 1 atom stereocenters. The van der Waals surface area contributed by atoms with Gasteiger partial charge in [0.2, 0.25) is 10.0 Å². The first-order valence-electron chi connectivity index (χ1n) is 6.77. The van der Waals surface area contributed by atoms with Crippen molar-refractivity contribution in [2.75, 3.05) is 19.8 Å². The van der Waals surface area contributed by atoms with Crippen molar-refractivity contribution in [2.24, 2.45) is 0 Å². The fourth-order valence-electron chi connectivity index (χ4n) is 2.33. The molecule has 21 heavy (non-hydrogen) atoms. The quantitative estimate of drug-likeness (QED) is 0.813. The number of rotatable bonds is 3. The highest BCUT2D eigenvalue weighted by atomic mass is 32.2. The molecule has 0 aromatic heterocycles. The monoisotopic (exact) mass is 309 g/mol.